The van der Waals surface area contributed by atoms with Crippen LogP contribution in [0.4, 0.5) is 0 Å². The van der Waals surface area contributed by atoms with Gasteiger partial charge in [0.1, 0.15) is 5.54 Å². The average molecular weight is 277 g/mol. The zero-order valence-corrected chi connectivity index (χ0v) is 11.7. The topological polar surface area (TPSA) is 90.1 Å². The average Bonchev–Trinajstić information content (AvgIpc) is 2.88. The second-order valence-electron chi connectivity index (χ2n) is 5.77. The van der Waals surface area contributed by atoms with E-state index in [2.05, 4.69) is 20.6 Å². The van der Waals surface area contributed by atoms with Gasteiger partial charge in [0.05, 0.1) is 23.8 Å². The van der Waals surface area contributed by atoms with Gasteiger partial charge in [0.15, 0.2) is 0 Å². The summed E-state index contributed by atoms with van der Waals surface area (Å²) in [5.41, 5.74) is 1.16. The monoisotopic (exact) mass is 277 g/mol. The fraction of sp³-hybridized carbons (Fsp3) is 0.615. The van der Waals surface area contributed by atoms with Gasteiger partial charge in [-0.15, -0.1) is 0 Å². The number of nitrogens with zero attached hydrogens (tertiary/aromatic N) is 2. The lowest BCUT2D eigenvalue weighted by Gasteiger charge is -2.43. The Morgan fingerprint density at radius 3 is 3.10 bits per heavy atom. The van der Waals surface area contributed by atoms with Crippen molar-refractivity contribution in [3.8, 4) is 0 Å². The van der Waals surface area contributed by atoms with Crippen LogP contribution in [0.2, 0.25) is 0 Å². The van der Waals surface area contributed by atoms with E-state index in [1.807, 2.05) is 0 Å². The molecule has 0 spiro atoms. The molecule has 1 fully saturated rings. The molecular formula is C13H19N5O2. The van der Waals surface area contributed by atoms with Crippen molar-refractivity contribution in [3.63, 3.8) is 0 Å². The number of carbonyl (C=O) groups is 2. The molecule has 3 heterocycles. The first-order chi connectivity index (χ1) is 9.50. The first kappa shape index (κ1) is 13.1. The summed E-state index contributed by atoms with van der Waals surface area (Å²) in [6, 6.07) is -0.309. The van der Waals surface area contributed by atoms with Crippen LogP contribution in [-0.2, 0) is 22.6 Å². The summed E-state index contributed by atoms with van der Waals surface area (Å²) < 4.78 is 0. The quantitative estimate of drug-likeness (QED) is 0.624. The second kappa shape index (κ2) is 4.59. The molecule has 1 aromatic heterocycles. The number of aromatic amines is 1. The standard InChI is InChI=1S/C13H19N5O2/c1-13(2)12(20)14-3-4-18(13)11(19)9-5-8-10(6-15-9)17-7-16-8/h7,9,15H,3-6H2,1-2H3,(H,14,20)(H,16,17). The SMILES string of the molecule is CC1(C)C(=O)NCCN1C(=O)C1Cc2nc[nH]c2CN1. The van der Waals surface area contributed by atoms with E-state index < -0.39 is 5.54 Å². The normalized spacial score (nSPS) is 25.0. The van der Waals surface area contributed by atoms with Crippen LogP contribution in [-0.4, -0.2) is 51.4 Å². The minimum Gasteiger partial charge on any atom is -0.352 e. The van der Waals surface area contributed by atoms with Gasteiger partial charge in [0.25, 0.3) is 0 Å². The Morgan fingerprint density at radius 2 is 2.30 bits per heavy atom. The van der Waals surface area contributed by atoms with E-state index in [9.17, 15) is 9.59 Å². The highest BCUT2D eigenvalue weighted by Gasteiger charge is 2.43. The third-order valence-corrected chi connectivity index (χ3v) is 4.15. The third-order valence-electron chi connectivity index (χ3n) is 4.15. The van der Waals surface area contributed by atoms with E-state index in [4.69, 9.17) is 0 Å². The van der Waals surface area contributed by atoms with Crippen LogP contribution in [0.15, 0.2) is 6.33 Å². The highest BCUT2D eigenvalue weighted by molar-refractivity contribution is 5.93. The Morgan fingerprint density at radius 1 is 1.50 bits per heavy atom. The maximum atomic E-state index is 12.7. The van der Waals surface area contributed by atoms with Gasteiger partial charge in [0.2, 0.25) is 11.8 Å². The summed E-state index contributed by atoms with van der Waals surface area (Å²) in [6.07, 6.45) is 2.21. The molecular weight excluding hydrogens is 258 g/mol. The van der Waals surface area contributed by atoms with Crippen LogP contribution in [0.25, 0.3) is 0 Å². The number of hydrogen-bond donors (Lipinski definition) is 3. The van der Waals surface area contributed by atoms with E-state index in [0.29, 0.717) is 26.1 Å². The lowest BCUT2D eigenvalue weighted by molar-refractivity contribution is -0.150. The van der Waals surface area contributed by atoms with E-state index in [-0.39, 0.29) is 17.9 Å². The maximum absolute atomic E-state index is 12.7. The van der Waals surface area contributed by atoms with Crippen molar-refractivity contribution >= 4 is 11.8 Å². The van der Waals surface area contributed by atoms with Crippen molar-refractivity contribution in [1.82, 2.24) is 25.5 Å². The lowest BCUT2D eigenvalue weighted by Crippen LogP contribution is -2.66. The summed E-state index contributed by atoms with van der Waals surface area (Å²) in [7, 11) is 0. The van der Waals surface area contributed by atoms with Crippen molar-refractivity contribution in [1.29, 1.82) is 0 Å². The number of hydrogen-bond acceptors (Lipinski definition) is 4. The number of imidazole rings is 1. The molecule has 7 nitrogen and oxygen atoms in total. The van der Waals surface area contributed by atoms with Crippen LogP contribution in [0, 0.1) is 0 Å². The minimum absolute atomic E-state index is 0.0292. The highest BCUT2D eigenvalue weighted by atomic mass is 16.2. The van der Waals surface area contributed by atoms with Crippen LogP contribution >= 0.6 is 0 Å². The van der Waals surface area contributed by atoms with Crippen molar-refractivity contribution in [2.75, 3.05) is 13.1 Å². The number of H-pyrrole nitrogens is 1. The number of amides is 2. The summed E-state index contributed by atoms with van der Waals surface area (Å²) in [5, 5.41) is 6.02. The van der Waals surface area contributed by atoms with Gasteiger partial charge >= 0.3 is 0 Å². The molecule has 1 saturated heterocycles. The lowest BCUT2D eigenvalue weighted by atomic mass is 9.95. The summed E-state index contributed by atoms with van der Waals surface area (Å²) >= 11 is 0. The van der Waals surface area contributed by atoms with Gasteiger partial charge in [-0.2, -0.15) is 0 Å². The number of aromatic nitrogens is 2. The summed E-state index contributed by atoms with van der Waals surface area (Å²) in [6.45, 7) is 5.22. The fourth-order valence-corrected chi connectivity index (χ4v) is 2.82. The van der Waals surface area contributed by atoms with Crippen LogP contribution < -0.4 is 10.6 Å². The second-order valence-corrected chi connectivity index (χ2v) is 5.77. The molecule has 3 rings (SSSR count). The predicted octanol–water partition coefficient (Wildman–Crippen LogP) is -0.839. The molecule has 1 atom stereocenters. The first-order valence-electron chi connectivity index (χ1n) is 6.84. The van der Waals surface area contributed by atoms with Crippen molar-refractivity contribution in [2.45, 2.75) is 38.4 Å². The van der Waals surface area contributed by atoms with Crippen molar-refractivity contribution in [2.24, 2.45) is 0 Å². The molecule has 2 aliphatic heterocycles. The number of piperazine rings is 1. The largest absolute Gasteiger partial charge is 0.352 e. The van der Waals surface area contributed by atoms with Crippen molar-refractivity contribution in [3.05, 3.63) is 17.7 Å². The Labute approximate surface area is 117 Å². The molecule has 0 aliphatic carbocycles. The van der Waals surface area contributed by atoms with Gasteiger partial charge in [-0.25, -0.2) is 4.98 Å². The Bertz CT molecular complexity index is 551. The van der Waals surface area contributed by atoms with Crippen LogP contribution in [0.3, 0.4) is 0 Å². The predicted molar refractivity (Wildman–Crippen MR) is 71.7 cm³/mol. The Kier molecular flexibility index (Phi) is 3.01. The van der Waals surface area contributed by atoms with Gasteiger partial charge in [0, 0.05) is 26.1 Å². The number of fused-ring (bicyclic) bond motifs is 1. The van der Waals surface area contributed by atoms with E-state index in [0.717, 1.165) is 11.4 Å². The molecule has 0 radical (unpaired) electrons. The highest BCUT2D eigenvalue weighted by Crippen LogP contribution is 2.21. The molecule has 2 aliphatic rings. The Hall–Kier alpha value is -1.89. The molecule has 20 heavy (non-hydrogen) atoms. The van der Waals surface area contributed by atoms with Crippen LogP contribution in [0.1, 0.15) is 25.2 Å². The Balaban J connectivity index is 1.78. The number of nitrogens with one attached hydrogen (secondary N) is 3. The zero-order valence-electron chi connectivity index (χ0n) is 11.7. The van der Waals surface area contributed by atoms with Crippen molar-refractivity contribution < 1.29 is 9.59 Å². The molecule has 0 saturated carbocycles. The molecule has 108 valence electrons. The summed E-state index contributed by atoms with van der Waals surface area (Å²) in [5.74, 6) is -0.133. The molecule has 1 unspecified atom stereocenters. The first-order valence-corrected chi connectivity index (χ1v) is 6.84. The molecule has 0 aromatic carbocycles. The zero-order chi connectivity index (χ0) is 14.3. The summed E-state index contributed by atoms with van der Waals surface area (Å²) in [4.78, 5) is 33.6. The molecule has 7 heteroatoms. The molecule has 3 N–H and O–H groups in total. The molecule has 1 aromatic rings. The van der Waals surface area contributed by atoms with Gasteiger partial charge in [-0.05, 0) is 13.8 Å². The van der Waals surface area contributed by atoms with E-state index >= 15 is 0 Å². The van der Waals surface area contributed by atoms with Gasteiger partial charge in [-0.3, -0.25) is 14.9 Å². The van der Waals surface area contributed by atoms with Gasteiger partial charge < -0.3 is 15.2 Å². The third kappa shape index (κ3) is 1.98. The minimum atomic E-state index is -0.803. The number of rotatable bonds is 1. The van der Waals surface area contributed by atoms with Gasteiger partial charge in [-0.1, -0.05) is 0 Å². The molecule has 0 bridgehead atoms. The number of carbonyl (C=O) groups excluding carboxylic acids is 2. The fourth-order valence-electron chi connectivity index (χ4n) is 2.82. The van der Waals surface area contributed by atoms with E-state index in [1.54, 1.807) is 25.1 Å². The smallest absolute Gasteiger partial charge is 0.245 e. The van der Waals surface area contributed by atoms with E-state index in [1.165, 1.54) is 0 Å². The maximum Gasteiger partial charge on any atom is 0.245 e. The van der Waals surface area contributed by atoms with Crippen LogP contribution in [0.5, 0.6) is 0 Å². The molecule has 2 amide bonds.